The average Bonchev–Trinajstić information content (AvgIpc) is 2.98. The molecule has 0 aromatic carbocycles. The Kier molecular flexibility index (Phi) is 2.66. The molecule has 6 heteroatoms. The molecule has 2 aromatic rings. The summed E-state index contributed by atoms with van der Waals surface area (Å²) in [7, 11) is 0. The number of hydrogen-bond acceptors (Lipinski definition) is 5. The third-order valence-corrected chi connectivity index (χ3v) is 3.89. The first-order chi connectivity index (χ1) is 8.25. The van der Waals surface area contributed by atoms with Crippen LogP contribution in [0.25, 0.3) is 5.78 Å². The Labute approximate surface area is 104 Å². The first-order valence-corrected chi connectivity index (χ1v) is 6.94. The molecule has 90 valence electrons. The van der Waals surface area contributed by atoms with Gasteiger partial charge in [0.05, 0.1) is 11.6 Å². The van der Waals surface area contributed by atoms with Crippen molar-refractivity contribution in [2.24, 2.45) is 0 Å². The molecule has 0 amide bonds. The fraction of sp³-hybridized carbons (Fsp3) is 0.545. The second-order valence-corrected chi connectivity index (χ2v) is 5.54. The summed E-state index contributed by atoms with van der Waals surface area (Å²) in [4.78, 5) is 11.1. The smallest absolute Gasteiger partial charge is 0.254 e. The van der Waals surface area contributed by atoms with Crippen molar-refractivity contribution < 1.29 is 0 Å². The molecule has 1 saturated heterocycles. The van der Waals surface area contributed by atoms with Gasteiger partial charge in [0, 0.05) is 18.4 Å². The van der Waals surface area contributed by atoms with Crippen molar-refractivity contribution in [3.63, 3.8) is 0 Å². The normalized spacial score (nSPS) is 16.3. The summed E-state index contributed by atoms with van der Waals surface area (Å²) in [6, 6.07) is 2.14. The highest BCUT2D eigenvalue weighted by Gasteiger charge is 2.18. The molecule has 3 heterocycles. The Balaban J connectivity index is 2.15. The van der Waals surface area contributed by atoms with Gasteiger partial charge in [-0.1, -0.05) is 13.8 Å². The van der Waals surface area contributed by atoms with Gasteiger partial charge in [0.15, 0.2) is 0 Å². The second-order valence-electron chi connectivity index (χ2n) is 4.47. The number of thioether (sulfide) groups is 1. The Bertz CT molecular complexity index is 530. The number of nitrogens with zero attached hydrogens (tertiary/aromatic N) is 5. The molecule has 5 nitrogen and oxygen atoms in total. The molecular weight excluding hydrogens is 234 g/mol. The van der Waals surface area contributed by atoms with Crippen LogP contribution in [0, 0.1) is 0 Å². The zero-order chi connectivity index (χ0) is 11.8. The van der Waals surface area contributed by atoms with E-state index < -0.39 is 0 Å². The summed E-state index contributed by atoms with van der Waals surface area (Å²) >= 11 is 1.95. The minimum atomic E-state index is 0.408. The molecule has 0 saturated carbocycles. The number of anilines is 1. The van der Waals surface area contributed by atoms with Gasteiger partial charge in [-0.3, -0.25) is 0 Å². The largest absolute Gasteiger partial charge is 0.346 e. The van der Waals surface area contributed by atoms with Gasteiger partial charge in [0.1, 0.15) is 12.1 Å². The Morgan fingerprint density at radius 2 is 2.29 bits per heavy atom. The Hall–Kier alpha value is -1.30. The molecule has 0 aliphatic carbocycles. The molecule has 0 spiro atoms. The fourth-order valence-electron chi connectivity index (χ4n) is 1.93. The van der Waals surface area contributed by atoms with Gasteiger partial charge in [-0.15, -0.1) is 11.8 Å². The fourth-order valence-corrected chi connectivity index (χ4v) is 2.89. The molecule has 0 N–H and O–H groups in total. The van der Waals surface area contributed by atoms with E-state index in [0.717, 1.165) is 23.9 Å². The van der Waals surface area contributed by atoms with Crippen molar-refractivity contribution >= 4 is 23.4 Å². The maximum Gasteiger partial charge on any atom is 0.254 e. The first kappa shape index (κ1) is 10.8. The van der Waals surface area contributed by atoms with Crippen LogP contribution in [-0.2, 0) is 0 Å². The van der Waals surface area contributed by atoms with E-state index in [2.05, 4.69) is 39.9 Å². The molecule has 1 aliphatic rings. The standard InChI is InChI=1S/C11H15N5S/c1-8(2)9-5-10(15-3-4-17-7-15)16-11(14-9)12-6-13-16/h5-6,8H,3-4,7H2,1-2H3. The van der Waals surface area contributed by atoms with E-state index in [1.54, 1.807) is 6.33 Å². The lowest BCUT2D eigenvalue weighted by molar-refractivity contribution is 0.792. The molecule has 2 aromatic heterocycles. The maximum atomic E-state index is 4.52. The van der Waals surface area contributed by atoms with Crippen molar-refractivity contribution in [2.45, 2.75) is 19.8 Å². The predicted molar refractivity (Wildman–Crippen MR) is 69.5 cm³/mol. The quantitative estimate of drug-likeness (QED) is 0.811. The third-order valence-electron chi connectivity index (χ3n) is 2.92. The van der Waals surface area contributed by atoms with Gasteiger partial charge < -0.3 is 4.90 Å². The number of aromatic nitrogens is 4. The molecule has 1 aliphatic heterocycles. The van der Waals surface area contributed by atoms with Crippen LogP contribution in [0.1, 0.15) is 25.5 Å². The van der Waals surface area contributed by atoms with Crippen LogP contribution in [0.2, 0.25) is 0 Å². The molecule has 0 radical (unpaired) electrons. The van der Waals surface area contributed by atoms with Crippen LogP contribution in [0.4, 0.5) is 5.82 Å². The maximum absolute atomic E-state index is 4.52. The van der Waals surface area contributed by atoms with Crippen LogP contribution < -0.4 is 4.90 Å². The van der Waals surface area contributed by atoms with Gasteiger partial charge in [0.2, 0.25) is 0 Å². The number of rotatable bonds is 2. The summed E-state index contributed by atoms with van der Waals surface area (Å²) in [6.45, 7) is 5.37. The third kappa shape index (κ3) is 1.86. The molecule has 3 rings (SSSR count). The van der Waals surface area contributed by atoms with Crippen molar-refractivity contribution in [1.82, 2.24) is 19.6 Å². The van der Waals surface area contributed by atoms with Crippen LogP contribution in [-0.4, -0.2) is 37.8 Å². The van der Waals surface area contributed by atoms with Gasteiger partial charge in [-0.05, 0) is 5.92 Å². The first-order valence-electron chi connectivity index (χ1n) is 5.79. The summed E-state index contributed by atoms with van der Waals surface area (Å²) in [5, 5.41) is 4.26. The summed E-state index contributed by atoms with van der Waals surface area (Å²) < 4.78 is 1.83. The van der Waals surface area contributed by atoms with Crippen molar-refractivity contribution in [2.75, 3.05) is 23.1 Å². The summed E-state index contributed by atoms with van der Waals surface area (Å²) in [5.41, 5.74) is 1.08. The molecule has 0 bridgehead atoms. The lowest BCUT2D eigenvalue weighted by Crippen LogP contribution is -2.22. The number of hydrogen-bond donors (Lipinski definition) is 0. The van der Waals surface area contributed by atoms with Crippen molar-refractivity contribution in [1.29, 1.82) is 0 Å². The molecule has 0 atom stereocenters. The lowest BCUT2D eigenvalue weighted by atomic mass is 10.1. The highest BCUT2D eigenvalue weighted by molar-refractivity contribution is 7.99. The van der Waals surface area contributed by atoms with E-state index in [1.807, 2.05) is 16.3 Å². The highest BCUT2D eigenvalue weighted by atomic mass is 32.2. The topological polar surface area (TPSA) is 46.3 Å². The van der Waals surface area contributed by atoms with Crippen LogP contribution in [0.15, 0.2) is 12.4 Å². The van der Waals surface area contributed by atoms with Gasteiger partial charge >= 0.3 is 0 Å². The van der Waals surface area contributed by atoms with E-state index in [4.69, 9.17) is 0 Å². The van der Waals surface area contributed by atoms with E-state index in [9.17, 15) is 0 Å². The highest BCUT2D eigenvalue weighted by Crippen LogP contribution is 2.25. The van der Waals surface area contributed by atoms with E-state index in [1.165, 1.54) is 5.75 Å². The zero-order valence-electron chi connectivity index (χ0n) is 10.00. The molecule has 0 unspecified atom stereocenters. The molecular formula is C11H15N5S. The molecule has 1 fully saturated rings. The zero-order valence-corrected chi connectivity index (χ0v) is 10.8. The SMILES string of the molecule is CC(C)c1cc(N2CCSC2)n2ncnc2n1. The van der Waals surface area contributed by atoms with Crippen LogP contribution >= 0.6 is 11.8 Å². The second kappa shape index (κ2) is 4.18. The number of fused-ring (bicyclic) bond motifs is 1. The summed E-state index contributed by atoms with van der Waals surface area (Å²) in [6.07, 6.45) is 1.57. The van der Waals surface area contributed by atoms with E-state index in [0.29, 0.717) is 11.7 Å². The summed E-state index contributed by atoms with van der Waals surface area (Å²) in [5.74, 6) is 4.42. The van der Waals surface area contributed by atoms with Gasteiger partial charge in [0.25, 0.3) is 5.78 Å². The lowest BCUT2D eigenvalue weighted by Gasteiger charge is -2.18. The van der Waals surface area contributed by atoms with E-state index in [-0.39, 0.29) is 0 Å². The van der Waals surface area contributed by atoms with Crippen LogP contribution in [0.3, 0.4) is 0 Å². The molecule has 17 heavy (non-hydrogen) atoms. The van der Waals surface area contributed by atoms with Crippen LogP contribution in [0.5, 0.6) is 0 Å². The van der Waals surface area contributed by atoms with Gasteiger partial charge in [-0.2, -0.15) is 14.6 Å². The monoisotopic (exact) mass is 249 g/mol. The minimum Gasteiger partial charge on any atom is -0.346 e. The van der Waals surface area contributed by atoms with Gasteiger partial charge in [-0.25, -0.2) is 4.98 Å². The minimum absolute atomic E-state index is 0.408. The van der Waals surface area contributed by atoms with Crippen molar-refractivity contribution in [3.8, 4) is 0 Å². The Morgan fingerprint density at radius 3 is 3.00 bits per heavy atom. The average molecular weight is 249 g/mol. The van der Waals surface area contributed by atoms with E-state index >= 15 is 0 Å². The van der Waals surface area contributed by atoms with Crippen molar-refractivity contribution in [3.05, 3.63) is 18.1 Å². The predicted octanol–water partition coefficient (Wildman–Crippen LogP) is 1.76. The Morgan fingerprint density at radius 1 is 1.41 bits per heavy atom.